The summed E-state index contributed by atoms with van der Waals surface area (Å²) >= 11 is 0. The van der Waals surface area contributed by atoms with E-state index in [2.05, 4.69) is 69.3 Å². The van der Waals surface area contributed by atoms with Gasteiger partial charge in [-0.2, -0.15) is 0 Å². The standard InChI is InChI=1S/C23H32O3Si/c1-22(2,3)27(19-11-7-5-8-12-19,20-13-9-6-10-14-20)26-16-18-15-21(18)23(4,25)17-24/h5-14,18,21,24-25H,15-17H2,1-4H3/t18-,21+,23?/m1/s1. The van der Waals surface area contributed by atoms with Crippen molar-refractivity contribution in [1.82, 2.24) is 0 Å². The Morgan fingerprint density at radius 1 is 0.926 bits per heavy atom. The average molecular weight is 385 g/mol. The van der Waals surface area contributed by atoms with Crippen LogP contribution in [0, 0.1) is 11.8 Å². The minimum atomic E-state index is -2.52. The van der Waals surface area contributed by atoms with Crippen LogP contribution in [0.2, 0.25) is 5.04 Å². The predicted molar refractivity (Wildman–Crippen MR) is 113 cm³/mol. The summed E-state index contributed by atoms with van der Waals surface area (Å²) in [6, 6.07) is 21.2. The van der Waals surface area contributed by atoms with E-state index in [9.17, 15) is 10.2 Å². The van der Waals surface area contributed by atoms with Crippen LogP contribution >= 0.6 is 0 Å². The lowest BCUT2D eigenvalue weighted by Crippen LogP contribution is -2.66. The molecule has 2 N–H and O–H groups in total. The van der Waals surface area contributed by atoms with Crippen molar-refractivity contribution in [2.45, 2.75) is 44.8 Å². The fourth-order valence-corrected chi connectivity index (χ4v) is 8.92. The van der Waals surface area contributed by atoms with Gasteiger partial charge in [-0.1, -0.05) is 81.4 Å². The molecule has 146 valence electrons. The highest BCUT2D eigenvalue weighted by Gasteiger charge is 2.54. The first-order chi connectivity index (χ1) is 12.7. The minimum absolute atomic E-state index is 0.0421. The fraction of sp³-hybridized carbons (Fsp3) is 0.478. The van der Waals surface area contributed by atoms with E-state index in [0.29, 0.717) is 12.5 Å². The second kappa shape index (κ2) is 7.51. The van der Waals surface area contributed by atoms with Crippen LogP contribution in [0.1, 0.15) is 34.1 Å². The molecule has 3 nitrogen and oxygen atoms in total. The number of aliphatic hydroxyl groups is 2. The SMILES string of the molecule is CC(O)(CO)[C@H]1C[C@@H]1CO[Si](c1ccccc1)(c1ccccc1)C(C)(C)C. The Morgan fingerprint density at radius 3 is 1.81 bits per heavy atom. The van der Waals surface area contributed by atoms with Gasteiger partial charge in [-0.15, -0.1) is 0 Å². The third-order valence-electron chi connectivity index (χ3n) is 5.97. The summed E-state index contributed by atoms with van der Waals surface area (Å²) in [6.45, 7) is 8.95. The van der Waals surface area contributed by atoms with E-state index in [1.165, 1.54) is 10.4 Å². The van der Waals surface area contributed by atoms with Crippen LogP contribution in [-0.4, -0.2) is 37.3 Å². The molecule has 2 aromatic carbocycles. The smallest absolute Gasteiger partial charge is 0.261 e. The molecular formula is C23H32O3Si. The van der Waals surface area contributed by atoms with Crippen molar-refractivity contribution < 1.29 is 14.6 Å². The van der Waals surface area contributed by atoms with E-state index in [-0.39, 0.29) is 17.6 Å². The van der Waals surface area contributed by atoms with Gasteiger partial charge < -0.3 is 14.6 Å². The van der Waals surface area contributed by atoms with Crippen LogP contribution in [0.25, 0.3) is 0 Å². The Bertz CT molecular complexity index is 698. The fourth-order valence-electron chi connectivity index (χ4n) is 4.30. The van der Waals surface area contributed by atoms with Crippen molar-refractivity contribution in [2.75, 3.05) is 13.2 Å². The molecule has 1 aliphatic carbocycles. The molecule has 27 heavy (non-hydrogen) atoms. The Hall–Kier alpha value is -1.46. The monoisotopic (exact) mass is 384 g/mol. The Morgan fingerprint density at radius 2 is 1.41 bits per heavy atom. The predicted octanol–water partition coefficient (Wildman–Crippen LogP) is 2.94. The Kier molecular flexibility index (Phi) is 5.64. The topological polar surface area (TPSA) is 49.7 Å². The Labute approximate surface area is 164 Å². The summed E-state index contributed by atoms with van der Waals surface area (Å²) in [7, 11) is -2.52. The van der Waals surface area contributed by atoms with Gasteiger partial charge in [0.25, 0.3) is 8.32 Å². The summed E-state index contributed by atoms with van der Waals surface area (Å²) in [5, 5.41) is 22.3. The number of hydrogen-bond donors (Lipinski definition) is 2. The van der Waals surface area contributed by atoms with E-state index >= 15 is 0 Å². The van der Waals surface area contributed by atoms with Crippen molar-refractivity contribution in [3.8, 4) is 0 Å². The molecule has 0 aromatic heterocycles. The van der Waals surface area contributed by atoms with Gasteiger partial charge in [0.2, 0.25) is 0 Å². The molecule has 1 unspecified atom stereocenters. The highest BCUT2D eigenvalue weighted by Crippen LogP contribution is 2.47. The van der Waals surface area contributed by atoms with E-state index in [1.807, 2.05) is 12.1 Å². The first kappa shape index (κ1) is 20.3. The van der Waals surface area contributed by atoms with Crippen molar-refractivity contribution in [3.05, 3.63) is 60.7 Å². The molecule has 1 aliphatic rings. The lowest BCUT2D eigenvalue weighted by atomic mass is 10.0. The quantitative estimate of drug-likeness (QED) is 0.722. The largest absolute Gasteiger partial charge is 0.407 e. The minimum Gasteiger partial charge on any atom is -0.407 e. The summed E-state index contributed by atoms with van der Waals surface area (Å²) in [5.74, 6) is 0.412. The maximum atomic E-state index is 10.4. The van der Waals surface area contributed by atoms with Gasteiger partial charge in [0.05, 0.1) is 12.2 Å². The molecule has 1 saturated carbocycles. The molecule has 4 heteroatoms. The van der Waals surface area contributed by atoms with Crippen LogP contribution < -0.4 is 10.4 Å². The van der Waals surface area contributed by atoms with Crippen LogP contribution in [0.15, 0.2) is 60.7 Å². The Balaban J connectivity index is 1.96. The summed E-state index contributed by atoms with van der Waals surface area (Å²) in [4.78, 5) is 0. The molecule has 3 atom stereocenters. The molecule has 2 aromatic rings. The second-order valence-electron chi connectivity index (χ2n) is 9.09. The summed E-state index contributed by atoms with van der Waals surface area (Å²) < 4.78 is 6.91. The first-order valence-electron chi connectivity index (χ1n) is 9.80. The molecule has 0 aliphatic heterocycles. The molecule has 0 saturated heterocycles. The van der Waals surface area contributed by atoms with Gasteiger partial charge in [0.15, 0.2) is 0 Å². The van der Waals surface area contributed by atoms with Crippen LogP contribution in [0.5, 0.6) is 0 Å². The number of benzene rings is 2. The van der Waals surface area contributed by atoms with E-state index < -0.39 is 13.9 Å². The second-order valence-corrected chi connectivity index (χ2v) is 13.4. The van der Waals surface area contributed by atoms with Crippen LogP contribution in [-0.2, 0) is 4.43 Å². The van der Waals surface area contributed by atoms with Crippen molar-refractivity contribution in [3.63, 3.8) is 0 Å². The zero-order valence-electron chi connectivity index (χ0n) is 16.9. The average Bonchev–Trinajstić information content (AvgIpc) is 3.44. The molecule has 0 spiro atoms. The van der Waals surface area contributed by atoms with E-state index in [1.54, 1.807) is 6.92 Å². The van der Waals surface area contributed by atoms with Gasteiger partial charge in [0, 0.05) is 6.61 Å². The molecule has 0 bridgehead atoms. The molecule has 3 rings (SSSR count). The van der Waals surface area contributed by atoms with Crippen LogP contribution in [0.3, 0.4) is 0 Å². The molecule has 0 radical (unpaired) electrons. The van der Waals surface area contributed by atoms with E-state index in [0.717, 1.165) is 6.42 Å². The number of aliphatic hydroxyl groups excluding tert-OH is 1. The van der Waals surface area contributed by atoms with Crippen molar-refractivity contribution in [1.29, 1.82) is 0 Å². The summed E-state index contributed by atoms with van der Waals surface area (Å²) in [6.07, 6.45) is 0.908. The number of rotatable bonds is 7. The lowest BCUT2D eigenvalue weighted by molar-refractivity contribution is -0.0227. The van der Waals surface area contributed by atoms with Crippen molar-refractivity contribution in [2.24, 2.45) is 11.8 Å². The third kappa shape index (κ3) is 3.90. The van der Waals surface area contributed by atoms with Gasteiger partial charge in [-0.3, -0.25) is 0 Å². The first-order valence-corrected chi connectivity index (χ1v) is 11.7. The van der Waals surface area contributed by atoms with Gasteiger partial charge >= 0.3 is 0 Å². The maximum absolute atomic E-state index is 10.4. The zero-order valence-corrected chi connectivity index (χ0v) is 17.9. The molecule has 0 amide bonds. The highest BCUT2D eigenvalue weighted by atomic mass is 28.4. The molecule has 1 fully saturated rings. The van der Waals surface area contributed by atoms with Gasteiger partial charge in [-0.25, -0.2) is 0 Å². The summed E-state index contributed by atoms with van der Waals surface area (Å²) in [5.41, 5.74) is -1.01. The van der Waals surface area contributed by atoms with Gasteiger partial charge in [0.1, 0.15) is 0 Å². The molecule has 0 heterocycles. The maximum Gasteiger partial charge on any atom is 0.261 e. The zero-order chi connectivity index (χ0) is 19.7. The lowest BCUT2D eigenvalue weighted by Gasteiger charge is -2.43. The van der Waals surface area contributed by atoms with Gasteiger partial charge in [-0.05, 0) is 40.6 Å². The van der Waals surface area contributed by atoms with Crippen molar-refractivity contribution >= 4 is 18.7 Å². The normalized spacial score (nSPS) is 22.3. The highest BCUT2D eigenvalue weighted by molar-refractivity contribution is 6.99. The number of hydrogen-bond acceptors (Lipinski definition) is 3. The third-order valence-corrected chi connectivity index (χ3v) is 11.0. The van der Waals surface area contributed by atoms with E-state index in [4.69, 9.17) is 4.43 Å². The van der Waals surface area contributed by atoms with Crippen LogP contribution in [0.4, 0.5) is 0 Å². The molecular weight excluding hydrogens is 352 g/mol.